The lowest BCUT2D eigenvalue weighted by Gasteiger charge is -2.17. The third-order valence-electron chi connectivity index (χ3n) is 3.90. The van der Waals surface area contributed by atoms with E-state index in [2.05, 4.69) is 4.72 Å². The summed E-state index contributed by atoms with van der Waals surface area (Å²) in [5.74, 6) is 0. The maximum absolute atomic E-state index is 12.6. The Morgan fingerprint density at radius 3 is 2.50 bits per heavy atom. The van der Waals surface area contributed by atoms with E-state index in [1.165, 1.54) is 12.1 Å². The molecule has 3 rings (SSSR count). The number of rotatable bonds is 4. The van der Waals surface area contributed by atoms with Crippen LogP contribution in [0.15, 0.2) is 71.6 Å². The summed E-state index contributed by atoms with van der Waals surface area (Å²) in [6.45, 7) is 1.81. The lowest BCUT2D eigenvalue weighted by molar-refractivity contribution is 0.567. The molecule has 0 amide bonds. The van der Waals surface area contributed by atoms with Crippen LogP contribution in [0.3, 0.4) is 0 Å². The quantitative estimate of drug-likeness (QED) is 0.789. The maximum atomic E-state index is 12.6. The topological polar surface area (TPSA) is 70.0 Å². The molecule has 0 heterocycles. The van der Waals surface area contributed by atoms with Gasteiger partial charge in [0.2, 0.25) is 10.0 Å². The largest absolute Gasteiger partial charge is 0.241 e. The number of fused-ring (bicyclic) bond motifs is 1. The highest BCUT2D eigenvalue weighted by Crippen LogP contribution is 2.25. The molecule has 0 aromatic heterocycles. The number of nitriles is 1. The molecule has 3 aromatic rings. The summed E-state index contributed by atoms with van der Waals surface area (Å²) in [5.41, 5.74) is 1.23. The van der Waals surface area contributed by atoms with E-state index in [4.69, 9.17) is 5.26 Å². The van der Waals surface area contributed by atoms with Gasteiger partial charge in [-0.05, 0) is 41.5 Å². The number of sulfonamides is 1. The number of benzene rings is 3. The number of nitrogens with zero attached hydrogens (tertiary/aromatic N) is 1. The van der Waals surface area contributed by atoms with E-state index < -0.39 is 16.1 Å². The van der Waals surface area contributed by atoms with Crippen molar-refractivity contribution in [3.8, 4) is 6.07 Å². The fraction of sp³-hybridized carbons (Fsp3) is 0.105. The van der Waals surface area contributed by atoms with Crippen LogP contribution in [0.1, 0.15) is 24.1 Å². The van der Waals surface area contributed by atoms with E-state index in [-0.39, 0.29) is 4.90 Å². The first-order valence-electron chi connectivity index (χ1n) is 7.51. The lowest BCUT2D eigenvalue weighted by Crippen LogP contribution is -2.27. The zero-order valence-electron chi connectivity index (χ0n) is 13.1. The van der Waals surface area contributed by atoms with Crippen LogP contribution in [0.5, 0.6) is 0 Å². The Kier molecular flexibility index (Phi) is 4.34. The van der Waals surface area contributed by atoms with Crippen molar-refractivity contribution >= 4 is 20.8 Å². The summed E-state index contributed by atoms with van der Waals surface area (Å²) in [6.07, 6.45) is 0. The van der Waals surface area contributed by atoms with E-state index in [1.807, 2.05) is 55.5 Å². The van der Waals surface area contributed by atoms with E-state index in [9.17, 15) is 8.42 Å². The fourth-order valence-electron chi connectivity index (χ4n) is 2.73. The van der Waals surface area contributed by atoms with Crippen LogP contribution in [-0.2, 0) is 10.0 Å². The van der Waals surface area contributed by atoms with Crippen LogP contribution in [-0.4, -0.2) is 8.42 Å². The van der Waals surface area contributed by atoms with Gasteiger partial charge in [0.15, 0.2) is 0 Å². The van der Waals surface area contributed by atoms with Gasteiger partial charge in [0.25, 0.3) is 0 Å². The van der Waals surface area contributed by atoms with Gasteiger partial charge < -0.3 is 0 Å². The second-order valence-electron chi connectivity index (χ2n) is 5.55. The van der Waals surface area contributed by atoms with Gasteiger partial charge >= 0.3 is 0 Å². The van der Waals surface area contributed by atoms with Crippen molar-refractivity contribution in [1.82, 2.24) is 4.72 Å². The SMILES string of the molecule is C[C@@H](NS(=O)(=O)c1cccc(C#N)c1)c1cccc2ccccc12. The summed E-state index contributed by atoms with van der Waals surface area (Å²) in [6, 6.07) is 21.3. The molecule has 0 saturated heterocycles. The molecule has 0 saturated carbocycles. The predicted octanol–water partition coefficient (Wildman–Crippen LogP) is 3.75. The summed E-state index contributed by atoms with van der Waals surface area (Å²) >= 11 is 0. The molecule has 0 radical (unpaired) electrons. The molecule has 0 unspecified atom stereocenters. The first kappa shape index (κ1) is 16.2. The van der Waals surface area contributed by atoms with Gasteiger partial charge in [-0.3, -0.25) is 0 Å². The zero-order valence-corrected chi connectivity index (χ0v) is 13.9. The van der Waals surface area contributed by atoms with E-state index >= 15 is 0 Å². The highest BCUT2D eigenvalue weighted by atomic mass is 32.2. The van der Waals surface area contributed by atoms with Gasteiger partial charge in [-0.15, -0.1) is 0 Å². The van der Waals surface area contributed by atoms with Crippen molar-refractivity contribution in [2.75, 3.05) is 0 Å². The minimum Gasteiger partial charge on any atom is -0.207 e. The standard InChI is InChI=1S/C19H16N2O2S/c1-14(18-11-5-8-16-7-2-3-10-19(16)18)21-24(22,23)17-9-4-6-15(12-17)13-20/h2-12,14,21H,1H3/t14-/m1/s1. The third-order valence-corrected chi connectivity index (χ3v) is 5.43. The molecule has 0 aliphatic rings. The minimum absolute atomic E-state index is 0.0913. The first-order valence-corrected chi connectivity index (χ1v) is 9.00. The maximum Gasteiger partial charge on any atom is 0.241 e. The van der Waals surface area contributed by atoms with E-state index in [0.717, 1.165) is 16.3 Å². The highest BCUT2D eigenvalue weighted by Gasteiger charge is 2.19. The lowest BCUT2D eigenvalue weighted by atomic mass is 10.0. The summed E-state index contributed by atoms with van der Waals surface area (Å²) < 4.78 is 27.9. The number of nitrogens with one attached hydrogen (secondary N) is 1. The first-order chi connectivity index (χ1) is 11.5. The predicted molar refractivity (Wildman–Crippen MR) is 93.8 cm³/mol. The third kappa shape index (κ3) is 3.16. The van der Waals surface area contributed by atoms with Crippen LogP contribution in [0.2, 0.25) is 0 Å². The van der Waals surface area contributed by atoms with Gasteiger partial charge in [0.05, 0.1) is 16.5 Å². The molecular weight excluding hydrogens is 320 g/mol. The molecule has 1 atom stereocenters. The smallest absolute Gasteiger partial charge is 0.207 e. The number of hydrogen-bond acceptors (Lipinski definition) is 3. The highest BCUT2D eigenvalue weighted by molar-refractivity contribution is 7.89. The Morgan fingerprint density at radius 1 is 1.00 bits per heavy atom. The Hall–Kier alpha value is -2.68. The fourth-order valence-corrected chi connectivity index (χ4v) is 3.99. The van der Waals surface area contributed by atoms with Crippen molar-refractivity contribution < 1.29 is 8.42 Å². The van der Waals surface area contributed by atoms with E-state index in [0.29, 0.717) is 5.56 Å². The molecule has 3 aromatic carbocycles. The van der Waals surface area contributed by atoms with Crippen molar-refractivity contribution in [3.05, 3.63) is 77.9 Å². The molecule has 0 spiro atoms. The van der Waals surface area contributed by atoms with Crippen LogP contribution >= 0.6 is 0 Å². The van der Waals surface area contributed by atoms with Crippen LogP contribution in [0, 0.1) is 11.3 Å². The van der Waals surface area contributed by atoms with Crippen molar-refractivity contribution in [3.63, 3.8) is 0 Å². The molecule has 0 aliphatic heterocycles. The summed E-state index contributed by atoms with van der Waals surface area (Å²) in [7, 11) is -3.71. The Morgan fingerprint density at radius 2 is 1.71 bits per heavy atom. The van der Waals surface area contributed by atoms with Crippen molar-refractivity contribution in [1.29, 1.82) is 5.26 Å². The van der Waals surface area contributed by atoms with Crippen LogP contribution in [0.25, 0.3) is 10.8 Å². The summed E-state index contributed by atoms with van der Waals surface area (Å²) in [5, 5.41) is 11.0. The molecule has 0 bridgehead atoms. The zero-order chi connectivity index (χ0) is 17.2. The normalized spacial score (nSPS) is 12.7. The number of hydrogen-bond donors (Lipinski definition) is 1. The average Bonchev–Trinajstić information content (AvgIpc) is 2.61. The minimum atomic E-state index is -3.71. The van der Waals surface area contributed by atoms with Gasteiger partial charge in [-0.1, -0.05) is 48.5 Å². The van der Waals surface area contributed by atoms with Crippen molar-refractivity contribution in [2.45, 2.75) is 17.9 Å². The van der Waals surface area contributed by atoms with Crippen LogP contribution in [0.4, 0.5) is 0 Å². The Labute approximate surface area is 141 Å². The molecule has 0 aliphatic carbocycles. The molecule has 1 N–H and O–H groups in total. The molecule has 24 heavy (non-hydrogen) atoms. The summed E-state index contributed by atoms with van der Waals surface area (Å²) in [4.78, 5) is 0.0913. The molecule has 120 valence electrons. The van der Waals surface area contributed by atoms with Crippen LogP contribution < -0.4 is 4.72 Å². The van der Waals surface area contributed by atoms with Gasteiger partial charge in [-0.25, -0.2) is 13.1 Å². The molecule has 0 fully saturated rings. The van der Waals surface area contributed by atoms with Crippen molar-refractivity contribution in [2.24, 2.45) is 0 Å². The Balaban J connectivity index is 1.96. The second-order valence-corrected chi connectivity index (χ2v) is 7.26. The molecular formula is C19H16N2O2S. The molecule has 4 nitrogen and oxygen atoms in total. The average molecular weight is 336 g/mol. The van der Waals surface area contributed by atoms with Gasteiger partial charge in [-0.2, -0.15) is 5.26 Å². The second kappa shape index (κ2) is 6.44. The Bertz CT molecular complexity index is 1030. The van der Waals surface area contributed by atoms with E-state index in [1.54, 1.807) is 12.1 Å². The van der Waals surface area contributed by atoms with Gasteiger partial charge in [0, 0.05) is 6.04 Å². The monoisotopic (exact) mass is 336 g/mol. The van der Waals surface area contributed by atoms with Gasteiger partial charge in [0.1, 0.15) is 0 Å². The molecule has 5 heteroatoms.